The van der Waals surface area contributed by atoms with E-state index in [0.29, 0.717) is 5.92 Å². The second kappa shape index (κ2) is 8.58. The molecule has 68 valence electrons. The van der Waals surface area contributed by atoms with Gasteiger partial charge in [-0.3, -0.25) is 0 Å². The molecular formula is C12H20. The second-order valence-electron chi connectivity index (χ2n) is 2.94. The lowest BCUT2D eigenvalue weighted by Crippen LogP contribution is -1.92. The van der Waals surface area contributed by atoms with E-state index < -0.39 is 0 Å². The van der Waals surface area contributed by atoms with Crippen molar-refractivity contribution in [1.82, 2.24) is 0 Å². The van der Waals surface area contributed by atoms with Crippen LogP contribution >= 0.6 is 0 Å². The predicted octanol–water partition coefficient (Wildman–Crippen LogP) is 3.96. The zero-order valence-corrected chi connectivity index (χ0v) is 8.29. The zero-order valence-electron chi connectivity index (χ0n) is 8.29. The number of allylic oxidation sites excluding steroid dienone is 3. The first-order valence-corrected chi connectivity index (χ1v) is 4.75. The molecule has 0 aliphatic carbocycles. The van der Waals surface area contributed by atoms with Crippen molar-refractivity contribution in [2.24, 2.45) is 5.92 Å². The minimum atomic E-state index is 0.695. The molecule has 0 aliphatic rings. The number of unbranched alkanes of at least 4 members (excludes halogenated alkanes) is 1. The van der Waals surface area contributed by atoms with Gasteiger partial charge in [0.15, 0.2) is 0 Å². The fraction of sp³-hybridized carbons (Fsp3) is 0.500. The van der Waals surface area contributed by atoms with Gasteiger partial charge >= 0.3 is 0 Å². The summed E-state index contributed by atoms with van der Waals surface area (Å²) in [4.78, 5) is 0. The molecule has 0 heteroatoms. The SMILES string of the molecule is C=C[C@H](CC)CC[CH]/C=C/[CH]C. The Labute approximate surface area is 77.4 Å². The van der Waals surface area contributed by atoms with Crippen LogP contribution in [0.3, 0.4) is 0 Å². The minimum Gasteiger partial charge on any atom is -0.103 e. The minimum absolute atomic E-state index is 0.695. The summed E-state index contributed by atoms with van der Waals surface area (Å²) < 4.78 is 0. The maximum atomic E-state index is 3.81. The standard InChI is InChI=1S/C12H20/c1-4-7-8-9-10-11-12(5-2)6-3/h4-5,7-9,12H,2,6,10-11H2,1,3H3/b8-7+/t12-/m1/s1. The third-order valence-corrected chi connectivity index (χ3v) is 2.00. The number of rotatable bonds is 7. The lowest BCUT2D eigenvalue weighted by atomic mass is 9.99. The molecule has 0 fully saturated rings. The first-order valence-electron chi connectivity index (χ1n) is 4.75. The fourth-order valence-electron chi connectivity index (χ4n) is 1.08. The Kier molecular flexibility index (Phi) is 8.20. The quantitative estimate of drug-likeness (QED) is 0.394. The van der Waals surface area contributed by atoms with Crippen LogP contribution in [0.1, 0.15) is 33.1 Å². The summed E-state index contributed by atoms with van der Waals surface area (Å²) in [5.74, 6) is 0.695. The average molecular weight is 164 g/mol. The van der Waals surface area contributed by atoms with Gasteiger partial charge in [0.2, 0.25) is 0 Å². The molecule has 0 N–H and O–H groups in total. The molecule has 0 aromatic carbocycles. The first-order chi connectivity index (χ1) is 5.85. The maximum absolute atomic E-state index is 3.81. The monoisotopic (exact) mass is 164 g/mol. The molecule has 0 unspecified atom stereocenters. The van der Waals surface area contributed by atoms with Crippen LogP contribution < -0.4 is 0 Å². The van der Waals surface area contributed by atoms with E-state index >= 15 is 0 Å². The maximum Gasteiger partial charge on any atom is -0.0170 e. The lowest BCUT2D eigenvalue weighted by molar-refractivity contribution is 0.573. The van der Waals surface area contributed by atoms with Gasteiger partial charge in [-0.15, -0.1) is 6.58 Å². The van der Waals surface area contributed by atoms with Crippen molar-refractivity contribution >= 4 is 0 Å². The van der Waals surface area contributed by atoms with E-state index in [1.807, 2.05) is 13.3 Å². The summed E-state index contributed by atoms with van der Waals surface area (Å²) in [6.45, 7) is 8.05. The van der Waals surface area contributed by atoms with Gasteiger partial charge in [-0.1, -0.05) is 32.1 Å². The van der Waals surface area contributed by atoms with E-state index in [1.165, 1.54) is 12.8 Å². The predicted molar refractivity (Wildman–Crippen MR) is 56.6 cm³/mol. The van der Waals surface area contributed by atoms with Gasteiger partial charge < -0.3 is 0 Å². The average Bonchev–Trinajstić information content (AvgIpc) is 2.11. The first kappa shape index (κ1) is 11.5. The van der Waals surface area contributed by atoms with E-state index in [9.17, 15) is 0 Å². The summed E-state index contributed by atoms with van der Waals surface area (Å²) in [7, 11) is 0. The third kappa shape index (κ3) is 6.21. The van der Waals surface area contributed by atoms with Crippen LogP contribution in [0.15, 0.2) is 24.8 Å². The Morgan fingerprint density at radius 1 is 1.33 bits per heavy atom. The van der Waals surface area contributed by atoms with Crippen LogP contribution in [-0.4, -0.2) is 0 Å². The van der Waals surface area contributed by atoms with Gasteiger partial charge in [0.05, 0.1) is 0 Å². The summed E-state index contributed by atoms with van der Waals surface area (Å²) in [5.41, 5.74) is 0. The molecule has 0 aliphatic heterocycles. The van der Waals surface area contributed by atoms with Crippen LogP contribution in [-0.2, 0) is 0 Å². The number of hydrogen-bond acceptors (Lipinski definition) is 0. The molecule has 0 heterocycles. The molecule has 2 radical (unpaired) electrons. The largest absolute Gasteiger partial charge is 0.103 e. The molecule has 0 spiro atoms. The van der Waals surface area contributed by atoms with Gasteiger partial charge in [-0.2, -0.15) is 0 Å². The second-order valence-corrected chi connectivity index (χ2v) is 2.94. The fourth-order valence-corrected chi connectivity index (χ4v) is 1.08. The third-order valence-electron chi connectivity index (χ3n) is 2.00. The Hall–Kier alpha value is -0.520. The van der Waals surface area contributed by atoms with Crippen LogP contribution in [0.2, 0.25) is 0 Å². The Bertz CT molecular complexity index is 122. The molecule has 0 rings (SSSR count). The van der Waals surface area contributed by atoms with Crippen LogP contribution in [0.25, 0.3) is 0 Å². The van der Waals surface area contributed by atoms with Crippen molar-refractivity contribution in [1.29, 1.82) is 0 Å². The molecule has 0 nitrogen and oxygen atoms in total. The summed E-state index contributed by atoms with van der Waals surface area (Å²) in [6.07, 6.45) is 14.1. The van der Waals surface area contributed by atoms with Crippen molar-refractivity contribution in [3.05, 3.63) is 37.6 Å². The van der Waals surface area contributed by atoms with Crippen LogP contribution in [0, 0.1) is 18.8 Å². The topological polar surface area (TPSA) is 0 Å². The summed E-state index contributed by atoms with van der Waals surface area (Å²) in [5, 5.41) is 0. The highest BCUT2D eigenvalue weighted by molar-refractivity contribution is 5.00. The lowest BCUT2D eigenvalue weighted by Gasteiger charge is -2.06. The van der Waals surface area contributed by atoms with E-state index in [2.05, 4.69) is 38.2 Å². The molecule has 12 heavy (non-hydrogen) atoms. The van der Waals surface area contributed by atoms with Crippen molar-refractivity contribution in [2.45, 2.75) is 33.1 Å². The Morgan fingerprint density at radius 3 is 2.58 bits per heavy atom. The van der Waals surface area contributed by atoms with E-state index in [1.54, 1.807) is 0 Å². The Morgan fingerprint density at radius 2 is 2.08 bits per heavy atom. The molecule has 0 saturated heterocycles. The molecule has 0 amide bonds. The van der Waals surface area contributed by atoms with Crippen molar-refractivity contribution in [3.63, 3.8) is 0 Å². The molecule has 0 aromatic rings. The van der Waals surface area contributed by atoms with Gasteiger partial charge in [0.1, 0.15) is 0 Å². The van der Waals surface area contributed by atoms with Gasteiger partial charge in [-0.05, 0) is 38.0 Å². The van der Waals surface area contributed by atoms with Crippen LogP contribution in [0.4, 0.5) is 0 Å². The van der Waals surface area contributed by atoms with E-state index in [-0.39, 0.29) is 0 Å². The Balaban J connectivity index is 3.28. The van der Waals surface area contributed by atoms with Crippen LogP contribution in [0.5, 0.6) is 0 Å². The van der Waals surface area contributed by atoms with Crippen molar-refractivity contribution < 1.29 is 0 Å². The van der Waals surface area contributed by atoms with E-state index in [4.69, 9.17) is 0 Å². The van der Waals surface area contributed by atoms with Gasteiger partial charge in [0.25, 0.3) is 0 Å². The summed E-state index contributed by atoms with van der Waals surface area (Å²) >= 11 is 0. The summed E-state index contributed by atoms with van der Waals surface area (Å²) in [6, 6.07) is 0. The van der Waals surface area contributed by atoms with Gasteiger partial charge in [-0.25, -0.2) is 0 Å². The molecule has 0 saturated carbocycles. The highest BCUT2D eigenvalue weighted by atomic mass is 14.0. The molecule has 0 bridgehead atoms. The normalized spacial score (nSPS) is 13.5. The highest BCUT2D eigenvalue weighted by Crippen LogP contribution is 2.12. The zero-order chi connectivity index (χ0) is 9.23. The van der Waals surface area contributed by atoms with Crippen molar-refractivity contribution in [3.8, 4) is 0 Å². The molecular weight excluding hydrogens is 144 g/mol. The van der Waals surface area contributed by atoms with E-state index in [0.717, 1.165) is 6.42 Å². The molecule has 1 atom stereocenters. The smallest absolute Gasteiger partial charge is 0.0170 e. The highest BCUT2D eigenvalue weighted by Gasteiger charge is 1.98. The molecule has 0 aromatic heterocycles. The van der Waals surface area contributed by atoms with Crippen molar-refractivity contribution in [2.75, 3.05) is 0 Å². The van der Waals surface area contributed by atoms with Gasteiger partial charge in [0, 0.05) is 0 Å². The number of hydrogen-bond donors (Lipinski definition) is 0.